The molecule has 0 amide bonds. The van der Waals surface area contributed by atoms with Crippen LogP contribution < -0.4 is 10.7 Å². The van der Waals surface area contributed by atoms with Crippen molar-refractivity contribution in [3.05, 3.63) is 85.9 Å². The van der Waals surface area contributed by atoms with Gasteiger partial charge in [-0.15, -0.1) is 11.3 Å². The van der Waals surface area contributed by atoms with Crippen LogP contribution in [-0.4, -0.2) is 4.98 Å². The second-order valence-corrected chi connectivity index (χ2v) is 9.22. The van der Waals surface area contributed by atoms with Gasteiger partial charge >= 0.3 is 0 Å². The van der Waals surface area contributed by atoms with E-state index in [1.54, 1.807) is 11.3 Å². The number of fused-ring (bicyclic) bond motifs is 4. The zero-order valence-electron chi connectivity index (χ0n) is 15.3. The van der Waals surface area contributed by atoms with Gasteiger partial charge in [-0.05, 0) is 48.9 Å². The lowest BCUT2D eigenvalue weighted by molar-refractivity contribution is 1.41. The van der Waals surface area contributed by atoms with Gasteiger partial charge in [-0.3, -0.25) is 4.79 Å². The number of hydrogen-bond acceptors (Lipinski definition) is 4. The van der Waals surface area contributed by atoms with Gasteiger partial charge in [-0.2, -0.15) is 0 Å². The Hall–Kier alpha value is -2.47. The van der Waals surface area contributed by atoms with E-state index in [2.05, 4.69) is 21.2 Å². The van der Waals surface area contributed by atoms with Crippen LogP contribution in [0, 0.1) is 6.92 Å². The summed E-state index contributed by atoms with van der Waals surface area (Å²) in [5.41, 5.74) is 3.99. The lowest BCUT2D eigenvalue weighted by atomic mass is 10.0. The summed E-state index contributed by atoms with van der Waals surface area (Å²) in [6, 6.07) is 19.3. The number of rotatable bonds is 2. The summed E-state index contributed by atoms with van der Waals surface area (Å²) in [6.07, 6.45) is 0. The Kier molecular flexibility index (Phi) is 4.54. The Bertz CT molecular complexity index is 1430. The molecule has 0 saturated carbocycles. The second-order valence-electron chi connectivity index (χ2n) is 6.84. The average molecular weight is 482 g/mol. The van der Waals surface area contributed by atoms with Crippen molar-refractivity contribution in [1.29, 1.82) is 0 Å². The third-order valence-electron chi connectivity index (χ3n) is 4.89. The molecular formula is C23H14BrClN2OS. The molecule has 0 atom stereocenters. The quantitative estimate of drug-likeness (QED) is 0.211. The highest BCUT2D eigenvalue weighted by Gasteiger charge is 2.21. The molecule has 1 heterocycles. The molecule has 5 rings (SSSR count). The van der Waals surface area contributed by atoms with Crippen LogP contribution >= 0.6 is 38.9 Å². The number of halogens is 2. The summed E-state index contributed by atoms with van der Waals surface area (Å²) in [6.45, 7) is 1.97. The molecule has 142 valence electrons. The summed E-state index contributed by atoms with van der Waals surface area (Å²) in [5.74, 6) is 0. The van der Waals surface area contributed by atoms with Crippen LogP contribution in [0.1, 0.15) is 5.56 Å². The fourth-order valence-electron chi connectivity index (χ4n) is 3.41. The largest absolute Gasteiger partial charge is 0.351 e. The van der Waals surface area contributed by atoms with Crippen molar-refractivity contribution in [3.8, 4) is 10.6 Å². The van der Waals surface area contributed by atoms with Gasteiger partial charge in [0.2, 0.25) is 5.43 Å². The smallest absolute Gasteiger partial charge is 0.211 e. The first-order chi connectivity index (χ1) is 14.0. The molecule has 29 heavy (non-hydrogen) atoms. The molecule has 1 N–H and O–H groups in total. The molecule has 0 radical (unpaired) electrons. The van der Waals surface area contributed by atoms with Crippen LogP contribution in [0.15, 0.2) is 69.9 Å². The highest BCUT2D eigenvalue weighted by Crippen LogP contribution is 2.41. The Balaban J connectivity index is 1.87. The molecule has 0 unspecified atom stereocenters. The van der Waals surface area contributed by atoms with Crippen LogP contribution in [0.5, 0.6) is 0 Å². The highest BCUT2D eigenvalue weighted by atomic mass is 79.9. The van der Waals surface area contributed by atoms with E-state index in [-0.39, 0.29) is 5.43 Å². The maximum Gasteiger partial charge on any atom is 0.211 e. The molecular weight excluding hydrogens is 468 g/mol. The topological polar surface area (TPSA) is 42.0 Å². The van der Waals surface area contributed by atoms with Crippen LogP contribution in [-0.2, 0) is 0 Å². The van der Waals surface area contributed by atoms with Crippen molar-refractivity contribution in [3.63, 3.8) is 0 Å². The van der Waals surface area contributed by atoms with E-state index < -0.39 is 0 Å². The molecule has 0 spiro atoms. The first-order valence-electron chi connectivity index (χ1n) is 8.99. The van der Waals surface area contributed by atoms with Gasteiger partial charge in [0.05, 0.1) is 20.8 Å². The molecule has 0 fully saturated rings. The van der Waals surface area contributed by atoms with Gasteiger partial charge in [-0.1, -0.05) is 51.8 Å². The molecule has 1 aliphatic heterocycles. The minimum absolute atomic E-state index is 0.0286. The van der Waals surface area contributed by atoms with Crippen LogP contribution in [0.2, 0.25) is 5.02 Å². The molecule has 0 saturated heterocycles. The van der Waals surface area contributed by atoms with E-state index >= 15 is 0 Å². The van der Waals surface area contributed by atoms with Crippen molar-refractivity contribution >= 4 is 71.2 Å². The van der Waals surface area contributed by atoms with Gasteiger partial charge in [0.1, 0.15) is 5.69 Å². The Morgan fingerprint density at radius 1 is 1.03 bits per heavy atom. The second kappa shape index (κ2) is 7.10. The number of benzene rings is 4. The molecule has 2 aliphatic rings. The van der Waals surface area contributed by atoms with E-state index in [1.807, 2.05) is 67.6 Å². The summed E-state index contributed by atoms with van der Waals surface area (Å²) >= 11 is 11.3. The highest BCUT2D eigenvalue weighted by molar-refractivity contribution is 9.10. The monoisotopic (exact) mass is 480 g/mol. The number of hydrogen-bond donors (Lipinski definition) is 1. The molecule has 1 aliphatic carbocycles. The van der Waals surface area contributed by atoms with Crippen molar-refractivity contribution in [2.24, 2.45) is 0 Å². The number of nitrogens with zero attached hydrogens (tertiary/aromatic N) is 1. The molecule has 0 aromatic heterocycles. The number of nitrogens with one attached hydrogen (secondary N) is 1. The van der Waals surface area contributed by atoms with Gasteiger partial charge in [0.15, 0.2) is 0 Å². The van der Waals surface area contributed by atoms with Gasteiger partial charge in [0.25, 0.3) is 0 Å². The molecule has 0 bridgehead atoms. The standard InChI is InChI=1S/C23H14BrClN2OS/c1-12-10-19-18(11-17(12)25)27-20-15-4-2-3-5-16(15)22(28)21(23(20)29-19)26-14-8-6-13(24)7-9-14/h2-11,26H,1H3. The SMILES string of the molecule is Cc1cc2sc3c(Nc4ccc(Br)cc4)c(=O)c4ccccc4c-3nc2cc1Cl. The third-order valence-corrected chi connectivity index (χ3v) is 6.98. The van der Waals surface area contributed by atoms with E-state index in [9.17, 15) is 4.79 Å². The lowest BCUT2D eigenvalue weighted by Gasteiger charge is -2.16. The predicted octanol–water partition coefficient (Wildman–Crippen LogP) is 7.38. The van der Waals surface area contributed by atoms with Crippen LogP contribution in [0.25, 0.3) is 31.6 Å². The number of aryl methyl sites for hydroxylation is 1. The Labute approximate surface area is 184 Å². The minimum atomic E-state index is -0.0286. The van der Waals surface area contributed by atoms with Crippen LogP contribution in [0.3, 0.4) is 0 Å². The number of aromatic nitrogens is 1. The number of anilines is 2. The lowest BCUT2D eigenvalue weighted by Crippen LogP contribution is -2.11. The maximum absolute atomic E-state index is 13.4. The summed E-state index contributed by atoms with van der Waals surface area (Å²) < 4.78 is 1.98. The summed E-state index contributed by atoms with van der Waals surface area (Å²) in [5, 5.41) is 5.53. The van der Waals surface area contributed by atoms with Gasteiger partial charge in [0, 0.05) is 26.0 Å². The molecule has 3 aromatic carbocycles. The first-order valence-corrected chi connectivity index (χ1v) is 11.0. The average Bonchev–Trinajstić information content (AvgIpc) is 2.72. The van der Waals surface area contributed by atoms with E-state index in [0.717, 1.165) is 41.9 Å². The zero-order chi connectivity index (χ0) is 20.1. The fraction of sp³-hybridized carbons (Fsp3) is 0.0435. The van der Waals surface area contributed by atoms with Crippen molar-refractivity contribution in [1.82, 2.24) is 4.98 Å². The van der Waals surface area contributed by atoms with E-state index in [1.165, 1.54) is 0 Å². The van der Waals surface area contributed by atoms with E-state index in [0.29, 0.717) is 16.1 Å². The van der Waals surface area contributed by atoms with Crippen molar-refractivity contribution in [2.45, 2.75) is 6.92 Å². The fourth-order valence-corrected chi connectivity index (χ4v) is 5.00. The van der Waals surface area contributed by atoms with Crippen molar-refractivity contribution in [2.75, 3.05) is 5.32 Å². The predicted molar refractivity (Wildman–Crippen MR) is 127 cm³/mol. The van der Waals surface area contributed by atoms with Gasteiger partial charge in [-0.25, -0.2) is 4.98 Å². The van der Waals surface area contributed by atoms with Crippen molar-refractivity contribution < 1.29 is 0 Å². The summed E-state index contributed by atoms with van der Waals surface area (Å²) in [7, 11) is 0. The van der Waals surface area contributed by atoms with E-state index in [4.69, 9.17) is 16.6 Å². The molecule has 3 nitrogen and oxygen atoms in total. The van der Waals surface area contributed by atoms with Crippen LogP contribution in [0.4, 0.5) is 11.4 Å². The molecule has 3 aromatic rings. The maximum atomic E-state index is 13.4. The minimum Gasteiger partial charge on any atom is -0.351 e. The Morgan fingerprint density at radius 2 is 1.76 bits per heavy atom. The third kappa shape index (κ3) is 3.19. The molecule has 6 heteroatoms. The Morgan fingerprint density at radius 3 is 2.52 bits per heavy atom. The zero-order valence-corrected chi connectivity index (χ0v) is 18.5. The first kappa shape index (κ1) is 18.6. The normalized spacial score (nSPS) is 11.4. The summed E-state index contributed by atoms with van der Waals surface area (Å²) in [4.78, 5) is 19.1. The van der Waals surface area contributed by atoms with Gasteiger partial charge < -0.3 is 5.32 Å².